The fourth-order valence-electron chi connectivity index (χ4n) is 3.30. The molecule has 0 saturated carbocycles. The van der Waals surface area contributed by atoms with Crippen molar-refractivity contribution in [1.82, 2.24) is 0 Å². The first-order chi connectivity index (χ1) is 10.0. The summed E-state index contributed by atoms with van der Waals surface area (Å²) in [5.41, 5.74) is 6.97. The van der Waals surface area contributed by atoms with Gasteiger partial charge in [0.15, 0.2) is 0 Å². The van der Waals surface area contributed by atoms with Crippen LogP contribution in [0.5, 0.6) is 0 Å². The summed E-state index contributed by atoms with van der Waals surface area (Å²) in [6, 6.07) is 0. The molecule has 0 atom stereocenters. The van der Waals surface area contributed by atoms with Gasteiger partial charge in [-0.15, -0.1) is 12.1 Å². The van der Waals surface area contributed by atoms with Crippen molar-refractivity contribution in [3.63, 3.8) is 0 Å². The van der Waals surface area contributed by atoms with Gasteiger partial charge in [0, 0.05) is 5.41 Å². The van der Waals surface area contributed by atoms with E-state index in [4.69, 9.17) is 0 Å². The van der Waals surface area contributed by atoms with Gasteiger partial charge in [0.05, 0.1) is 0 Å². The zero-order chi connectivity index (χ0) is 14.9. The van der Waals surface area contributed by atoms with Crippen LogP contribution in [0.1, 0.15) is 52.9 Å². The Balaban J connectivity index is 0.00000176. The van der Waals surface area contributed by atoms with E-state index in [1.54, 1.807) is 5.57 Å². The van der Waals surface area contributed by atoms with E-state index >= 15 is 0 Å². The first kappa shape index (κ1) is 17.3. The van der Waals surface area contributed by atoms with Gasteiger partial charge >= 0.3 is 19.5 Å². The topological polar surface area (TPSA) is 12.4 Å². The van der Waals surface area contributed by atoms with Gasteiger partial charge in [0.2, 0.25) is 0 Å². The minimum atomic E-state index is 0. The van der Waals surface area contributed by atoms with Gasteiger partial charge in [-0.1, -0.05) is 56.7 Å². The maximum atomic E-state index is 4.66. The molecule has 0 spiro atoms. The van der Waals surface area contributed by atoms with Gasteiger partial charge in [-0.05, 0) is 42.5 Å². The Morgan fingerprint density at radius 3 is 2.55 bits per heavy atom. The molecule has 117 valence electrons. The predicted molar refractivity (Wildman–Crippen MR) is 90.1 cm³/mol. The van der Waals surface area contributed by atoms with Crippen LogP contribution in [0.4, 0.5) is 0 Å². The summed E-state index contributed by atoms with van der Waals surface area (Å²) in [6.07, 6.45) is 20.3. The molecule has 0 aromatic carbocycles. The van der Waals surface area contributed by atoms with E-state index in [9.17, 15) is 0 Å². The van der Waals surface area contributed by atoms with Crippen molar-refractivity contribution >= 4 is 5.71 Å². The van der Waals surface area contributed by atoms with Crippen molar-refractivity contribution in [1.29, 1.82) is 0 Å². The first-order valence-electron chi connectivity index (χ1n) is 7.94. The van der Waals surface area contributed by atoms with Crippen LogP contribution in [0, 0.1) is 11.5 Å². The Hall–Kier alpha value is -1.01. The third-order valence-electron chi connectivity index (χ3n) is 4.63. The minimum absolute atomic E-state index is 0. The SMILES string of the molecule is CC1=[C-]CC(C(C)(C)CC2=CCC(C3=CCC=C3)=CC2)=N1.[Ru+]. The summed E-state index contributed by atoms with van der Waals surface area (Å²) in [6.45, 7) is 6.67. The van der Waals surface area contributed by atoms with Gasteiger partial charge in [-0.3, -0.25) is 0 Å². The molecular weight excluding hydrogens is 355 g/mol. The molecule has 2 heteroatoms. The molecule has 3 aliphatic rings. The van der Waals surface area contributed by atoms with Crippen LogP contribution < -0.4 is 0 Å². The normalized spacial score (nSPS) is 20.8. The van der Waals surface area contributed by atoms with Crippen molar-refractivity contribution < 1.29 is 19.5 Å². The van der Waals surface area contributed by atoms with Crippen molar-refractivity contribution in [2.24, 2.45) is 10.4 Å². The molecular formula is C20H24NRu. The third-order valence-corrected chi connectivity index (χ3v) is 4.63. The third kappa shape index (κ3) is 3.84. The second-order valence-electron chi connectivity index (χ2n) is 6.86. The van der Waals surface area contributed by atoms with Crippen molar-refractivity contribution in [3.05, 3.63) is 58.9 Å². The second-order valence-corrected chi connectivity index (χ2v) is 6.86. The quantitative estimate of drug-likeness (QED) is 0.348. The van der Waals surface area contributed by atoms with Gasteiger partial charge in [0.1, 0.15) is 0 Å². The van der Waals surface area contributed by atoms with Gasteiger partial charge in [-0.25, -0.2) is 0 Å². The fraction of sp³-hybridized carbons (Fsp3) is 0.450. The number of aliphatic imine (C=N–C) groups is 1. The zero-order valence-corrected chi connectivity index (χ0v) is 15.5. The Morgan fingerprint density at radius 1 is 1.18 bits per heavy atom. The fourth-order valence-corrected chi connectivity index (χ4v) is 3.30. The molecule has 0 saturated heterocycles. The monoisotopic (exact) mass is 380 g/mol. The molecule has 1 heterocycles. The van der Waals surface area contributed by atoms with E-state index in [1.807, 2.05) is 6.92 Å². The second kappa shape index (κ2) is 7.05. The van der Waals surface area contributed by atoms with E-state index < -0.39 is 0 Å². The smallest absolute Gasteiger partial charge is 0.468 e. The molecule has 1 nitrogen and oxygen atoms in total. The van der Waals surface area contributed by atoms with Crippen LogP contribution in [0.25, 0.3) is 0 Å². The van der Waals surface area contributed by atoms with Crippen LogP contribution in [-0.4, -0.2) is 5.71 Å². The molecule has 0 bridgehead atoms. The van der Waals surface area contributed by atoms with Crippen LogP contribution >= 0.6 is 0 Å². The van der Waals surface area contributed by atoms with E-state index in [-0.39, 0.29) is 24.9 Å². The average Bonchev–Trinajstić information content (AvgIpc) is 3.10. The Bertz CT molecular complexity index is 624. The Morgan fingerprint density at radius 2 is 2.00 bits per heavy atom. The first-order valence-corrected chi connectivity index (χ1v) is 7.94. The van der Waals surface area contributed by atoms with E-state index in [2.05, 4.69) is 55.3 Å². The maximum absolute atomic E-state index is 4.66. The molecule has 0 amide bonds. The van der Waals surface area contributed by atoms with Crippen LogP contribution in [0.3, 0.4) is 0 Å². The number of allylic oxidation sites excluding steroid dienone is 10. The van der Waals surface area contributed by atoms with E-state index in [1.165, 1.54) is 16.9 Å². The molecule has 3 rings (SSSR count). The predicted octanol–water partition coefficient (Wildman–Crippen LogP) is 5.48. The molecule has 0 aromatic rings. The Kier molecular flexibility index (Phi) is 5.56. The average molecular weight is 379 g/mol. The number of hydrogen-bond acceptors (Lipinski definition) is 1. The molecule has 2 aliphatic carbocycles. The minimum Gasteiger partial charge on any atom is -0.468 e. The van der Waals surface area contributed by atoms with Crippen LogP contribution in [0.2, 0.25) is 0 Å². The van der Waals surface area contributed by atoms with Gasteiger partial charge in [-0.2, -0.15) is 0 Å². The molecule has 22 heavy (non-hydrogen) atoms. The number of hydrogen-bond donors (Lipinski definition) is 0. The molecule has 0 unspecified atom stereocenters. The van der Waals surface area contributed by atoms with Crippen molar-refractivity contribution in [3.8, 4) is 0 Å². The summed E-state index contributed by atoms with van der Waals surface area (Å²) in [7, 11) is 0. The van der Waals surface area contributed by atoms with Gasteiger partial charge < -0.3 is 11.1 Å². The van der Waals surface area contributed by atoms with Gasteiger partial charge in [0.25, 0.3) is 0 Å². The van der Waals surface area contributed by atoms with Crippen LogP contribution in [0.15, 0.2) is 57.8 Å². The molecule has 1 aliphatic heterocycles. The van der Waals surface area contributed by atoms with Crippen molar-refractivity contribution in [2.75, 3.05) is 0 Å². The standard InChI is InChI=1S/C20H24N.Ru/c1-15-8-13-19(21-15)20(2,3)14-16-9-11-18(12-10-16)17-6-4-5-7-17;/h4,6-7,9,12H,5,10-11,13-14H2,1-3H3;/q-1;+1. The Labute approximate surface area is 147 Å². The summed E-state index contributed by atoms with van der Waals surface area (Å²) < 4.78 is 0. The molecule has 0 fully saturated rings. The molecule has 0 aromatic heterocycles. The summed E-state index contributed by atoms with van der Waals surface area (Å²) in [4.78, 5) is 4.66. The largest absolute Gasteiger partial charge is 1.00 e. The molecule has 0 N–H and O–H groups in total. The maximum Gasteiger partial charge on any atom is 1.00 e. The summed E-state index contributed by atoms with van der Waals surface area (Å²) in [5.74, 6) is 0. The molecule has 1 radical (unpaired) electrons. The van der Waals surface area contributed by atoms with Crippen molar-refractivity contribution in [2.45, 2.75) is 52.9 Å². The number of rotatable bonds is 4. The van der Waals surface area contributed by atoms with E-state index in [0.717, 1.165) is 37.8 Å². The summed E-state index contributed by atoms with van der Waals surface area (Å²) >= 11 is 0. The zero-order valence-electron chi connectivity index (χ0n) is 13.7. The van der Waals surface area contributed by atoms with Crippen LogP contribution in [-0.2, 0) is 19.5 Å². The summed E-state index contributed by atoms with van der Waals surface area (Å²) in [5, 5.41) is 0. The number of nitrogens with zero attached hydrogens (tertiary/aromatic N) is 1. The van der Waals surface area contributed by atoms with E-state index in [0.29, 0.717) is 0 Å².